The third-order valence-electron chi connectivity index (χ3n) is 2.45. The summed E-state index contributed by atoms with van der Waals surface area (Å²) in [4.78, 5) is 23.4. The molecule has 0 aliphatic carbocycles. The molecule has 0 radical (unpaired) electrons. The largest absolute Gasteiger partial charge is 0.459 e. The lowest BCUT2D eigenvalue weighted by Crippen LogP contribution is -2.21. The van der Waals surface area contributed by atoms with Gasteiger partial charge in [-0.15, -0.1) is 0 Å². The number of hydrogen-bond donors (Lipinski definition) is 0. The van der Waals surface area contributed by atoms with Crippen LogP contribution in [0.3, 0.4) is 0 Å². The van der Waals surface area contributed by atoms with Crippen LogP contribution in [0.1, 0.15) is 13.3 Å². The van der Waals surface area contributed by atoms with E-state index < -0.39 is 11.9 Å². The first kappa shape index (κ1) is 13.0. The van der Waals surface area contributed by atoms with E-state index in [0.717, 1.165) is 0 Å². The van der Waals surface area contributed by atoms with Gasteiger partial charge in [0.15, 0.2) is 0 Å². The van der Waals surface area contributed by atoms with Gasteiger partial charge in [-0.25, -0.2) is 9.59 Å². The third kappa shape index (κ3) is 4.12. The van der Waals surface area contributed by atoms with E-state index in [4.69, 9.17) is 18.9 Å². The van der Waals surface area contributed by atoms with Crippen LogP contribution < -0.4 is 0 Å². The molecule has 2 aliphatic heterocycles. The molecular weight excluding hydrogens is 240 g/mol. The zero-order valence-corrected chi connectivity index (χ0v) is 10.2. The maximum atomic E-state index is 11.7. The van der Waals surface area contributed by atoms with Crippen molar-refractivity contribution in [3.05, 3.63) is 11.6 Å². The van der Waals surface area contributed by atoms with Crippen molar-refractivity contribution in [2.75, 3.05) is 26.4 Å². The normalized spacial score (nSPS) is 24.1. The van der Waals surface area contributed by atoms with Crippen molar-refractivity contribution in [3.63, 3.8) is 0 Å². The highest BCUT2D eigenvalue weighted by atomic mass is 16.6. The van der Waals surface area contributed by atoms with Crippen molar-refractivity contribution in [1.82, 2.24) is 0 Å². The second kappa shape index (κ2) is 5.97. The van der Waals surface area contributed by atoms with E-state index in [1.807, 2.05) is 6.92 Å². The van der Waals surface area contributed by atoms with E-state index in [0.29, 0.717) is 19.6 Å². The van der Waals surface area contributed by atoms with Gasteiger partial charge < -0.3 is 18.9 Å². The van der Waals surface area contributed by atoms with Crippen molar-refractivity contribution in [3.8, 4) is 0 Å². The van der Waals surface area contributed by atoms with Gasteiger partial charge in [0, 0.05) is 0 Å². The minimum absolute atomic E-state index is 0.0206. The number of carbonyl (C=O) groups is 2. The van der Waals surface area contributed by atoms with Crippen LogP contribution in [0.4, 0.5) is 0 Å². The van der Waals surface area contributed by atoms with Gasteiger partial charge in [-0.1, -0.05) is 13.0 Å². The van der Waals surface area contributed by atoms with Gasteiger partial charge in [-0.2, -0.15) is 0 Å². The summed E-state index contributed by atoms with van der Waals surface area (Å²) in [6.45, 7) is 3.39. The quantitative estimate of drug-likeness (QED) is 0.213. The lowest BCUT2D eigenvalue weighted by molar-refractivity contribution is -0.147. The van der Waals surface area contributed by atoms with Gasteiger partial charge in [-0.05, 0) is 6.42 Å². The van der Waals surface area contributed by atoms with Crippen molar-refractivity contribution < 1.29 is 28.5 Å². The zero-order chi connectivity index (χ0) is 13.0. The van der Waals surface area contributed by atoms with E-state index >= 15 is 0 Å². The molecule has 2 heterocycles. The average molecular weight is 256 g/mol. The number of esters is 2. The smallest absolute Gasteiger partial charge is 0.345 e. The summed E-state index contributed by atoms with van der Waals surface area (Å²) in [5.74, 6) is -1.32. The Labute approximate surface area is 105 Å². The molecule has 0 amide bonds. The molecule has 0 aromatic rings. The Morgan fingerprint density at radius 3 is 1.89 bits per heavy atom. The second-order valence-corrected chi connectivity index (χ2v) is 4.13. The first-order valence-corrected chi connectivity index (χ1v) is 5.98. The summed E-state index contributed by atoms with van der Waals surface area (Å²) in [5.41, 5.74) is -0.0567. The lowest BCUT2D eigenvalue weighted by Gasteiger charge is -2.07. The molecule has 2 atom stereocenters. The Balaban J connectivity index is 1.81. The SMILES string of the molecule is CCC=C(C(=O)OCC1CO1)C(=O)OCC1CO1. The first-order chi connectivity index (χ1) is 8.70. The van der Waals surface area contributed by atoms with Crippen LogP contribution in [0.25, 0.3) is 0 Å². The minimum Gasteiger partial charge on any atom is -0.459 e. The van der Waals surface area contributed by atoms with E-state index in [2.05, 4.69) is 0 Å². The van der Waals surface area contributed by atoms with Crippen LogP contribution in [-0.4, -0.2) is 50.6 Å². The molecule has 100 valence electrons. The highest BCUT2D eigenvalue weighted by Crippen LogP contribution is 2.13. The van der Waals surface area contributed by atoms with Crippen LogP contribution in [0, 0.1) is 0 Å². The monoisotopic (exact) mass is 256 g/mol. The summed E-state index contributed by atoms with van der Waals surface area (Å²) in [7, 11) is 0. The van der Waals surface area contributed by atoms with Crippen molar-refractivity contribution in [2.45, 2.75) is 25.6 Å². The molecular formula is C12H16O6. The second-order valence-electron chi connectivity index (χ2n) is 4.13. The van der Waals surface area contributed by atoms with Crippen LogP contribution in [0.5, 0.6) is 0 Å². The number of allylic oxidation sites excluding steroid dienone is 1. The molecule has 0 N–H and O–H groups in total. The van der Waals surface area contributed by atoms with E-state index in [9.17, 15) is 9.59 Å². The summed E-state index contributed by atoms with van der Waals surface area (Å²) < 4.78 is 19.8. The van der Waals surface area contributed by atoms with Gasteiger partial charge in [0.2, 0.25) is 0 Å². The number of hydrogen-bond acceptors (Lipinski definition) is 6. The molecule has 6 heteroatoms. The van der Waals surface area contributed by atoms with Crippen LogP contribution >= 0.6 is 0 Å². The van der Waals surface area contributed by atoms with Gasteiger partial charge in [-0.3, -0.25) is 0 Å². The molecule has 2 aliphatic rings. The van der Waals surface area contributed by atoms with Crippen LogP contribution in [-0.2, 0) is 28.5 Å². The summed E-state index contributed by atoms with van der Waals surface area (Å²) in [6, 6.07) is 0. The van der Waals surface area contributed by atoms with E-state index in [1.54, 1.807) is 0 Å². The Kier molecular flexibility index (Phi) is 4.33. The minimum atomic E-state index is -0.658. The maximum Gasteiger partial charge on any atom is 0.345 e. The van der Waals surface area contributed by atoms with E-state index in [1.165, 1.54) is 6.08 Å². The predicted molar refractivity (Wildman–Crippen MR) is 59.8 cm³/mol. The molecule has 2 saturated heterocycles. The van der Waals surface area contributed by atoms with Crippen LogP contribution in [0.2, 0.25) is 0 Å². The van der Waals surface area contributed by atoms with Crippen molar-refractivity contribution in [2.24, 2.45) is 0 Å². The number of ether oxygens (including phenoxy) is 4. The third-order valence-corrected chi connectivity index (χ3v) is 2.45. The fourth-order valence-electron chi connectivity index (χ4n) is 1.28. The molecule has 0 spiro atoms. The first-order valence-electron chi connectivity index (χ1n) is 5.98. The summed E-state index contributed by atoms with van der Waals surface area (Å²) in [5, 5.41) is 0. The Bertz CT molecular complexity index is 324. The molecule has 0 aromatic carbocycles. The highest BCUT2D eigenvalue weighted by Gasteiger charge is 2.29. The molecule has 0 bridgehead atoms. The average Bonchev–Trinajstić information content (AvgIpc) is 3.24. The maximum absolute atomic E-state index is 11.7. The molecule has 2 fully saturated rings. The van der Waals surface area contributed by atoms with E-state index in [-0.39, 0.29) is 31.0 Å². The summed E-state index contributed by atoms with van der Waals surface area (Å²) in [6.07, 6.45) is 2.02. The molecule has 2 unspecified atom stereocenters. The van der Waals surface area contributed by atoms with Gasteiger partial charge >= 0.3 is 11.9 Å². The Morgan fingerprint density at radius 1 is 1.11 bits per heavy atom. The Hall–Kier alpha value is -1.40. The zero-order valence-electron chi connectivity index (χ0n) is 10.2. The topological polar surface area (TPSA) is 77.7 Å². The molecule has 0 saturated carbocycles. The van der Waals surface area contributed by atoms with Gasteiger partial charge in [0.25, 0.3) is 0 Å². The fourth-order valence-corrected chi connectivity index (χ4v) is 1.28. The fraction of sp³-hybridized carbons (Fsp3) is 0.667. The van der Waals surface area contributed by atoms with Crippen LogP contribution in [0.15, 0.2) is 11.6 Å². The van der Waals surface area contributed by atoms with Gasteiger partial charge in [0.05, 0.1) is 13.2 Å². The highest BCUT2D eigenvalue weighted by molar-refractivity contribution is 6.14. The van der Waals surface area contributed by atoms with Gasteiger partial charge in [0.1, 0.15) is 31.0 Å². The predicted octanol–water partition coefficient (Wildman–Crippen LogP) is 0.207. The Morgan fingerprint density at radius 2 is 1.56 bits per heavy atom. The standard InChI is InChI=1S/C12H16O6/c1-2-3-10(11(13)17-6-8-4-15-8)12(14)18-7-9-5-16-9/h3,8-9H,2,4-7H2,1H3. The molecule has 0 aromatic heterocycles. The number of carbonyl (C=O) groups excluding carboxylic acids is 2. The number of rotatable bonds is 7. The van der Waals surface area contributed by atoms with Crippen molar-refractivity contribution >= 4 is 11.9 Å². The molecule has 2 rings (SSSR count). The summed E-state index contributed by atoms with van der Waals surface area (Å²) >= 11 is 0. The molecule has 6 nitrogen and oxygen atoms in total. The molecule has 18 heavy (non-hydrogen) atoms. The number of epoxide rings is 2. The van der Waals surface area contributed by atoms with Crippen molar-refractivity contribution in [1.29, 1.82) is 0 Å². The lowest BCUT2D eigenvalue weighted by atomic mass is 10.2.